The summed E-state index contributed by atoms with van der Waals surface area (Å²) in [6, 6.07) is 11.0. The fourth-order valence-corrected chi connectivity index (χ4v) is 2.10. The highest BCUT2D eigenvalue weighted by Gasteiger charge is 2.22. The molecule has 0 aliphatic rings. The number of hydrogen-bond acceptors (Lipinski definition) is 3. The predicted molar refractivity (Wildman–Crippen MR) is 68.1 cm³/mol. The van der Waals surface area contributed by atoms with Gasteiger partial charge in [-0.3, -0.25) is 14.8 Å². The zero-order valence-electron chi connectivity index (χ0n) is 10.4. The molecule has 5 heteroatoms. The SMILES string of the molecule is Cc1cc(C)n([C@@H](C[N+](=O)[O-])c2ccccc2)n1. The van der Waals surface area contributed by atoms with Crippen LogP contribution in [-0.2, 0) is 0 Å². The molecular weight excluding hydrogens is 230 g/mol. The number of aryl methyl sites for hydroxylation is 2. The summed E-state index contributed by atoms with van der Waals surface area (Å²) < 4.78 is 1.73. The molecule has 0 radical (unpaired) electrons. The van der Waals surface area contributed by atoms with E-state index in [9.17, 15) is 10.1 Å². The highest BCUT2D eigenvalue weighted by atomic mass is 16.6. The molecule has 2 aromatic rings. The molecule has 18 heavy (non-hydrogen) atoms. The molecule has 0 aliphatic carbocycles. The van der Waals surface area contributed by atoms with Crippen molar-refractivity contribution in [3.05, 3.63) is 63.5 Å². The Kier molecular flexibility index (Phi) is 3.41. The Hall–Kier alpha value is -2.17. The van der Waals surface area contributed by atoms with Gasteiger partial charge in [0, 0.05) is 10.6 Å². The molecule has 5 nitrogen and oxygen atoms in total. The van der Waals surface area contributed by atoms with Crippen LogP contribution in [0.5, 0.6) is 0 Å². The van der Waals surface area contributed by atoms with Gasteiger partial charge in [0.25, 0.3) is 0 Å². The van der Waals surface area contributed by atoms with Crippen LogP contribution in [0.15, 0.2) is 36.4 Å². The number of hydrogen-bond donors (Lipinski definition) is 0. The molecule has 0 amide bonds. The first kappa shape index (κ1) is 12.3. The molecule has 0 unspecified atom stereocenters. The van der Waals surface area contributed by atoms with Crippen molar-refractivity contribution in [3.8, 4) is 0 Å². The molecule has 0 spiro atoms. The Morgan fingerprint density at radius 3 is 2.50 bits per heavy atom. The van der Waals surface area contributed by atoms with E-state index in [4.69, 9.17) is 0 Å². The third kappa shape index (κ3) is 2.56. The molecular formula is C13H15N3O2. The second kappa shape index (κ2) is 5.00. The average molecular weight is 245 g/mol. The minimum atomic E-state index is -0.352. The van der Waals surface area contributed by atoms with Crippen molar-refractivity contribution >= 4 is 0 Å². The van der Waals surface area contributed by atoms with Crippen molar-refractivity contribution in [2.24, 2.45) is 0 Å². The second-order valence-electron chi connectivity index (χ2n) is 4.31. The predicted octanol–water partition coefficient (Wildman–Crippen LogP) is 2.37. The Morgan fingerprint density at radius 2 is 2.00 bits per heavy atom. The summed E-state index contributed by atoms with van der Waals surface area (Å²) in [4.78, 5) is 10.5. The van der Waals surface area contributed by atoms with Gasteiger partial charge in [-0.2, -0.15) is 5.10 Å². The highest BCUT2D eigenvalue weighted by Crippen LogP contribution is 2.20. The highest BCUT2D eigenvalue weighted by molar-refractivity contribution is 5.21. The van der Waals surface area contributed by atoms with E-state index >= 15 is 0 Å². The molecule has 94 valence electrons. The van der Waals surface area contributed by atoms with Gasteiger partial charge in [0.15, 0.2) is 0 Å². The first-order valence-electron chi connectivity index (χ1n) is 5.77. The van der Waals surface area contributed by atoms with Gasteiger partial charge >= 0.3 is 0 Å². The summed E-state index contributed by atoms with van der Waals surface area (Å²) in [6.07, 6.45) is 0. The van der Waals surface area contributed by atoms with Crippen molar-refractivity contribution in [2.45, 2.75) is 19.9 Å². The molecule has 0 aliphatic heterocycles. The van der Waals surface area contributed by atoms with Crippen LogP contribution in [0.1, 0.15) is 23.0 Å². The molecule has 0 bridgehead atoms. The molecule has 0 saturated heterocycles. The van der Waals surface area contributed by atoms with Gasteiger partial charge in [0.2, 0.25) is 6.54 Å². The van der Waals surface area contributed by atoms with E-state index in [1.807, 2.05) is 50.2 Å². The van der Waals surface area contributed by atoms with Gasteiger partial charge in [-0.1, -0.05) is 30.3 Å². The maximum Gasteiger partial charge on any atom is 0.230 e. The van der Waals surface area contributed by atoms with Gasteiger partial charge in [0.1, 0.15) is 6.04 Å². The van der Waals surface area contributed by atoms with Gasteiger partial charge < -0.3 is 0 Å². The monoisotopic (exact) mass is 245 g/mol. The fourth-order valence-electron chi connectivity index (χ4n) is 2.10. The maximum absolute atomic E-state index is 10.8. The van der Waals surface area contributed by atoms with Crippen LogP contribution < -0.4 is 0 Å². The Labute approximate surface area is 105 Å². The Bertz CT molecular complexity index is 549. The molecule has 0 N–H and O–H groups in total. The first-order chi connectivity index (χ1) is 8.58. The molecule has 1 atom stereocenters. The zero-order valence-corrected chi connectivity index (χ0v) is 10.4. The number of aromatic nitrogens is 2. The van der Waals surface area contributed by atoms with E-state index < -0.39 is 0 Å². The fraction of sp³-hybridized carbons (Fsp3) is 0.308. The van der Waals surface area contributed by atoms with E-state index in [1.54, 1.807) is 4.68 Å². The molecule has 1 heterocycles. The van der Waals surface area contributed by atoms with E-state index in [0.717, 1.165) is 17.0 Å². The lowest BCUT2D eigenvalue weighted by Crippen LogP contribution is -2.22. The van der Waals surface area contributed by atoms with E-state index in [1.165, 1.54) is 0 Å². The molecule has 0 fully saturated rings. The number of rotatable bonds is 4. The third-order valence-electron chi connectivity index (χ3n) is 2.85. The Morgan fingerprint density at radius 1 is 1.33 bits per heavy atom. The van der Waals surface area contributed by atoms with Crippen LogP contribution >= 0.6 is 0 Å². The van der Waals surface area contributed by atoms with E-state index in [0.29, 0.717) is 0 Å². The topological polar surface area (TPSA) is 61.0 Å². The number of nitrogens with zero attached hydrogens (tertiary/aromatic N) is 3. The van der Waals surface area contributed by atoms with Crippen molar-refractivity contribution in [1.82, 2.24) is 9.78 Å². The van der Waals surface area contributed by atoms with E-state index in [2.05, 4.69) is 5.10 Å². The summed E-state index contributed by atoms with van der Waals surface area (Å²) >= 11 is 0. The average Bonchev–Trinajstić information content (AvgIpc) is 2.66. The summed E-state index contributed by atoms with van der Waals surface area (Å²) in [7, 11) is 0. The minimum Gasteiger partial charge on any atom is -0.264 e. The standard InChI is InChI=1S/C13H15N3O2/c1-10-8-11(2)16(14-10)13(9-15(17)18)12-6-4-3-5-7-12/h3-8,13H,9H2,1-2H3/t13-/m0/s1. The summed E-state index contributed by atoms with van der Waals surface area (Å²) in [5.41, 5.74) is 2.71. The minimum absolute atomic E-state index is 0.161. The van der Waals surface area contributed by atoms with Crippen LogP contribution in [0.25, 0.3) is 0 Å². The third-order valence-corrected chi connectivity index (χ3v) is 2.85. The lowest BCUT2D eigenvalue weighted by atomic mass is 10.1. The summed E-state index contributed by atoms with van der Waals surface area (Å²) in [5.74, 6) is 0. The molecule has 2 rings (SSSR count). The number of nitro groups is 1. The first-order valence-corrected chi connectivity index (χ1v) is 5.77. The van der Waals surface area contributed by atoms with Gasteiger partial charge in [0.05, 0.1) is 5.69 Å². The van der Waals surface area contributed by atoms with Crippen LogP contribution in [0.2, 0.25) is 0 Å². The van der Waals surface area contributed by atoms with Crippen LogP contribution in [0, 0.1) is 24.0 Å². The Balaban J connectivity index is 2.43. The van der Waals surface area contributed by atoms with Crippen molar-refractivity contribution in [1.29, 1.82) is 0 Å². The molecule has 1 aromatic heterocycles. The lowest BCUT2D eigenvalue weighted by molar-refractivity contribution is -0.484. The van der Waals surface area contributed by atoms with Gasteiger partial charge in [-0.15, -0.1) is 0 Å². The quantitative estimate of drug-likeness (QED) is 0.613. The van der Waals surface area contributed by atoms with Gasteiger partial charge in [-0.05, 0) is 25.5 Å². The smallest absolute Gasteiger partial charge is 0.230 e. The second-order valence-corrected chi connectivity index (χ2v) is 4.31. The summed E-state index contributed by atoms with van der Waals surface area (Å²) in [6.45, 7) is 3.64. The van der Waals surface area contributed by atoms with Crippen molar-refractivity contribution in [3.63, 3.8) is 0 Å². The van der Waals surface area contributed by atoms with Gasteiger partial charge in [-0.25, -0.2) is 0 Å². The largest absolute Gasteiger partial charge is 0.264 e. The summed E-state index contributed by atoms with van der Waals surface area (Å²) in [5, 5.41) is 15.2. The van der Waals surface area contributed by atoms with Crippen molar-refractivity contribution in [2.75, 3.05) is 6.54 Å². The molecule has 1 aromatic carbocycles. The van der Waals surface area contributed by atoms with Crippen LogP contribution in [-0.4, -0.2) is 21.2 Å². The van der Waals surface area contributed by atoms with E-state index in [-0.39, 0.29) is 17.5 Å². The normalized spacial score (nSPS) is 12.3. The number of benzene rings is 1. The maximum atomic E-state index is 10.8. The van der Waals surface area contributed by atoms with Crippen molar-refractivity contribution < 1.29 is 4.92 Å². The van der Waals surface area contributed by atoms with Crippen LogP contribution in [0.4, 0.5) is 0 Å². The zero-order chi connectivity index (χ0) is 13.1. The van der Waals surface area contributed by atoms with Crippen LogP contribution in [0.3, 0.4) is 0 Å². The molecule has 0 saturated carbocycles. The lowest BCUT2D eigenvalue weighted by Gasteiger charge is -2.15.